The first-order chi connectivity index (χ1) is 7.86. The Hall–Kier alpha value is -1.63. The second-order valence-electron chi connectivity index (χ2n) is 4.96. The van der Waals surface area contributed by atoms with Crippen LogP contribution in [0.25, 0.3) is 0 Å². The predicted octanol–water partition coefficient (Wildman–Crippen LogP) is 1.53. The minimum absolute atomic E-state index is 0.00444. The second kappa shape index (κ2) is 4.70. The highest BCUT2D eigenvalue weighted by Crippen LogP contribution is 2.36. The quantitative estimate of drug-likeness (QED) is 0.646. The number of nitrogens with zero attached hydrogens (tertiary/aromatic N) is 2. The summed E-state index contributed by atoms with van der Waals surface area (Å²) in [4.78, 5) is 25.1. The van der Waals surface area contributed by atoms with Gasteiger partial charge < -0.3 is 4.90 Å². The molecule has 0 aromatic carbocycles. The average Bonchev–Trinajstić information content (AvgIpc) is 2.35. The van der Waals surface area contributed by atoms with Crippen molar-refractivity contribution in [3.05, 3.63) is 12.7 Å². The maximum Gasteiger partial charge on any atom is 0.220 e. The molecular weight excluding hydrogens is 216 g/mol. The molecular formula is C13H18N2O2. The lowest BCUT2D eigenvalue weighted by Gasteiger charge is -2.29. The van der Waals surface area contributed by atoms with Crippen LogP contribution in [0.2, 0.25) is 0 Å². The summed E-state index contributed by atoms with van der Waals surface area (Å²) in [5.74, 6) is -0.432. The third kappa shape index (κ3) is 2.23. The SMILES string of the molecule is C=C[C@@H]1CCN(C(C)=O)C(C#N)C(=O)C1(C)C. The van der Waals surface area contributed by atoms with Crippen LogP contribution in [0.1, 0.15) is 27.2 Å². The van der Waals surface area contributed by atoms with Crippen LogP contribution in [0.3, 0.4) is 0 Å². The number of carbonyl (C=O) groups is 2. The molecule has 1 unspecified atom stereocenters. The van der Waals surface area contributed by atoms with E-state index < -0.39 is 11.5 Å². The number of ketones is 1. The van der Waals surface area contributed by atoms with Crippen molar-refractivity contribution < 1.29 is 9.59 Å². The van der Waals surface area contributed by atoms with Gasteiger partial charge in [-0.3, -0.25) is 9.59 Å². The van der Waals surface area contributed by atoms with Gasteiger partial charge in [-0.2, -0.15) is 5.26 Å². The fourth-order valence-electron chi connectivity index (χ4n) is 2.32. The van der Waals surface area contributed by atoms with Crippen molar-refractivity contribution in [2.75, 3.05) is 6.54 Å². The van der Waals surface area contributed by atoms with Gasteiger partial charge in [0.15, 0.2) is 11.8 Å². The van der Waals surface area contributed by atoms with Crippen LogP contribution < -0.4 is 0 Å². The van der Waals surface area contributed by atoms with Gasteiger partial charge in [-0.15, -0.1) is 6.58 Å². The molecule has 2 atom stereocenters. The Kier molecular flexibility index (Phi) is 3.72. The van der Waals surface area contributed by atoms with Crippen molar-refractivity contribution >= 4 is 11.7 Å². The van der Waals surface area contributed by atoms with Gasteiger partial charge in [0.05, 0.1) is 6.07 Å². The van der Waals surface area contributed by atoms with Crippen molar-refractivity contribution in [1.82, 2.24) is 4.90 Å². The molecule has 4 heteroatoms. The highest BCUT2D eigenvalue weighted by Gasteiger charge is 2.44. The van der Waals surface area contributed by atoms with Crippen LogP contribution in [-0.4, -0.2) is 29.2 Å². The molecule has 92 valence electrons. The van der Waals surface area contributed by atoms with Gasteiger partial charge >= 0.3 is 0 Å². The maximum atomic E-state index is 12.3. The van der Waals surface area contributed by atoms with Gasteiger partial charge in [-0.05, 0) is 12.3 Å². The lowest BCUT2D eigenvalue weighted by molar-refractivity contribution is -0.138. The summed E-state index contributed by atoms with van der Waals surface area (Å²) in [6.07, 6.45) is 2.41. The molecule has 0 saturated carbocycles. The molecule has 0 radical (unpaired) electrons. The van der Waals surface area contributed by atoms with E-state index in [0.717, 1.165) is 0 Å². The van der Waals surface area contributed by atoms with Crippen molar-refractivity contribution in [2.24, 2.45) is 11.3 Å². The van der Waals surface area contributed by atoms with Crippen molar-refractivity contribution in [3.63, 3.8) is 0 Å². The normalized spacial score (nSPS) is 28.1. The fourth-order valence-corrected chi connectivity index (χ4v) is 2.32. The number of allylic oxidation sites excluding steroid dienone is 1. The van der Waals surface area contributed by atoms with Crippen LogP contribution in [0.4, 0.5) is 0 Å². The molecule has 0 spiro atoms. The van der Waals surface area contributed by atoms with E-state index in [1.807, 2.05) is 19.9 Å². The summed E-state index contributed by atoms with van der Waals surface area (Å²) in [5, 5.41) is 9.11. The number of amides is 1. The molecule has 1 saturated heterocycles. The molecule has 4 nitrogen and oxygen atoms in total. The number of Topliss-reactive ketones (excluding diaryl/α,β-unsaturated/α-hetero) is 1. The molecule has 0 aromatic heterocycles. The second-order valence-corrected chi connectivity index (χ2v) is 4.96. The van der Waals surface area contributed by atoms with E-state index in [1.54, 1.807) is 6.08 Å². The first kappa shape index (κ1) is 13.4. The van der Waals surface area contributed by atoms with Gasteiger partial charge in [0.25, 0.3) is 0 Å². The number of likely N-dealkylation sites (tertiary alicyclic amines) is 1. The molecule has 1 amide bonds. The molecule has 0 N–H and O–H groups in total. The third-order valence-electron chi connectivity index (χ3n) is 3.61. The van der Waals surface area contributed by atoms with Crippen LogP contribution >= 0.6 is 0 Å². The minimum Gasteiger partial charge on any atom is -0.320 e. The molecule has 1 rings (SSSR count). The average molecular weight is 234 g/mol. The van der Waals surface area contributed by atoms with Gasteiger partial charge in [0.1, 0.15) is 0 Å². The molecule has 1 aliphatic heterocycles. The van der Waals surface area contributed by atoms with E-state index in [2.05, 4.69) is 6.58 Å². The van der Waals surface area contributed by atoms with Crippen LogP contribution in [-0.2, 0) is 9.59 Å². The third-order valence-corrected chi connectivity index (χ3v) is 3.61. The fraction of sp³-hybridized carbons (Fsp3) is 0.615. The Morgan fingerprint density at radius 1 is 1.65 bits per heavy atom. The molecule has 1 aliphatic rings. The van der Waals surface area contributed by atoms with E-state index in [1.165, 1.54) is 11.8 Å². The molecule has 0 aliphatic carbocycles. The van der Waals surface area contributed by atoms with Crippen molar-refractivity contribution in [1.29, 1.82) is 5.26 Å². The zero-order valence-electron chi connectivity index (χ0n) is 10.6. The molecule has 1 fully saturated rings. The van der Waals surface area contributed by atoms with E-state index in [0.29, 0.717) is 13.0 Å². The summed E-state index contributed by atoms with van der Waals surface area (Å²) in [5.41, 5.74) is -0.646. The Balaban J connectivity index is 3.19. The van der Waals surface area contributed by atoms with Crippen LogP contribution in [0, 0.1) is 22.7 Å². The molecule has 1 heterocycles. The number of rotatable bonds is 1. The van der Waals surface area contributed by atoms with Gasteiger partial charge in [0.2, 0.25) is 5.91 Å². The van der Waals surface area contributed by atoms with Crippen molar-refractivity contribution in [3.8, 4) is 6.07 Å². The van der Waals surface area contributed by atoms with E-state index in [9.17, 15) is 9.59 Å². The Morgan fingerprint density at radius 3 is 2.65 bits per heavy atom. The first-order valence-electron chi connectivity index (χ1n) is 5.70. The van der Waals surface area contributed by atoms with E-state index in [-0.39, 0.29) is 17.6 Å². The smallest absolute Gasteiger partial charge is 0.220 e. The summed E-state index contributed by atoms with van der Waals surface area (Å²) in [7, 11) is 0. The number of carbonyl (C=O) groups excluding carboxylic acids is 2. The summed E-state index contributed by atoms with van der Waals surface area (Å²) >= 11 is 0. The summed E-state index contributed by atoms with van der Waals surface area (Å²) < 4.78 is 0. The topological polar surface area (TPSA) is 61.2 Å². The summed E-state index contributed by atoms with van der Waals surface area (Å²) in [6, 6.07) is 0.981. The number of nitriles is 1. The number of hydrogen-bond donors (Lipinski definition) is 0. The summed E-state index contributed by atoms with van der Waals surface area (Å²) in [6.45, 7) is 9.19. The van der Waals surface area contributed by atoms with E-state index in [4.69, 9.17) is 5.26 Å². The van der Waals surface area contributed by atoms with Gasteiger partial charge in [-0.1, -0.05) is 19.9 Å². The lowest BCUT2D eigenvalue weighted by Crippen LogP contribution is -2.46. The Labute approximate surface area is 102 Å². The largest absolute Gasteiger partial charge is 0.320 e. The minimum atomic E-state index is -0.965. The standard InChI is InChI=1S/C13H18N2O2/c1-5-10-6-7-15(9(2)16)11(8-14)12(17)13(10,3)4/h5,10-11H,1,6-7H2,2-4H3/t10-,11?/m1/s1. The number of hydrogen-bond acceptors (Lipinski definition) is 3. The highest BCUT2D eigenvalue weighted by molar-refractivity contribution is 5.95. The van der Waals surface area contributed by atoms with Crippen LogP contribution in [0.15, 0.2) is 12.7 Å². The zero-order valence-corrected chi connectivity index (χ0v) is 10.6. The first-order valence-corrected chi connectivity index (χ1v) is 5.70. The monoisotopic (exact) mass is 234 g/mol. The molecule has 0 aromatic rings. The molecule has 0 bridgehead atoms. The van der Waals surface area contributed by atoms with Gasteiger partial charge in [0, 0.05) is 18.9 Å². The highest BCUT2D eigenvalue weighted by atomic mass is 16.2. The van der Waals surface area contributed by atoms with Crippen molar-refractivity contribution in [2.45, 2.75) is 33.2 Å². The van der Waals surface area contributed by atoms with Crippen LogP contribution in [0.5, 0.6) is 0 Å². The predicted molar refractivity (Wildman–Crippen MR) is 63.9 cm³/mol. The Morgan fingerprint density at radius 2 is 2.24 bits per heavy atom. The van der Waals surface area contributed by atoms with Gasteiger partial charge in [-0.25, -0.2) is 0 Å². The zero-order chi connectivity index (χ0) is 13.2. The maximum absolute atomic E-state index is 12.3. The Bertz CT molecular complexity index is 393. The lowest BCUT2D eigenvalue weighted by atomic mass is 9.73. The molecule has 17 heavy (non-hydrogen) atoms. The van der Waals surface area contributed by atoms with E-state index >= 15 is 0 Å².